The Labute approximate surface area is 159 Å². The van der Waals surface area contributed by atoms with E-state index in [1.54, 1.807) is 18.9 Å². The number of carboxylic acids is 1. The van der Waals surface area contributed by atoms with Gasteiger partial charge in [0.05, 0.1) is 17.7 Å². The third-order valence-electron chi connectivity index (χ3n) is 4.54. The number of aromatic carboxylic acids is 1. The third-order valence-corrected chi connectivity index (χ3v) is 4.77. The van der Waals surface area contributed by atoms with Gasteiger partial charge in [-0.05, 0) is 37.6 Å². The summed E-state index contributed by atoms with van der Waals surface area (Å²) in [6, 6.07) is 5.15. The monoisotopic (exact) mass is 393 g/mol. The molecule has 27 heavy (non-hydrogen) atoms. The van der Waals surface area contributed by atoms with Crippen LogP contribution in [-0.2, 0) is 9.53 Å². The molecule has 1 aliphatic heterocycles. The molecule has 2 aromatic rings. The molecule has 0 radical (unpaired) electrons. The van der Waals surface area contributed by atoms with E-state index in [2.05, 4.69) is 10.2 Å². The number of carbonyl (C=O) groups excluding carboxylic acids is 1. The summed E-state index contributed by atoms with van der Waals surface area (Å²) in [5.74, 6) is -2.09. The second-order valence-electron chi connectivity index (χ2n) is 6.70. The molecule has 1 saturated heterocycles. The molecule has 1 atom stereocenters. The zero-order chi connectivity index (χ0) is 19.8. The van der Waals surface area contributed by atoms with Crippen molar-refractivity contribution >= 4 is 29.4 Å². The largest absolute Gasteiger partial charge is 0.478 e. The van der Waals surface area contributed by atoms with Gasteiger partial charge < -0.3 is 14.7 Å². The number of hydrogen-bond acceptors (Lipinski definition) is 6. The number of benzene rings is 1. The van der Waals surface area contributed by atoms with Gasteiger partial charge in [-0.3, -0.25) is 4.79 Å². The number of halogens is 2. The molecule has 0 bridgehead atoms. The highest BCUT2D eigenvalue weighted by Gasteiger charge is 2.41. The molecule has 1 aliphatic rings. The number of aromatic nitrogens is 2. The van der Waals surface area contributed by atoms with Crippen LogP contribution in [0.5, 0.6) is 0 Å². The van der Waals surface area contributed by atoms with Crippen LogP contribution in [0.25, 0.3) is 11.3 Å². The summed E-state index contributed by atoms with van der Waals surface area (Å²) < 4.78 is 19.1. The van der Waals surface area contributed by atoms with Gasteiger partial charge in [-0.1, -0.05) is 11.6 Å². The van der Waals surface area contributed by atoms with Crippen molar-refractivity contribution in [2.24, 2.45) is 5.41 Å². The highest BCUT2D eigenvalue weighted by atomic mass is 35.5. The first-order valence-corrected chi connectivity index (χ1v) is 8.54. The van der Waals surface area contributed by atoms with Crippen molar-refractivity contribution in [3.63, 3.8) is 0 Å². The molecule has 1 N–H and O–H groups in total. The summed E-state index contributed by atoms with van der Waals surface area (Å²) in [5.41, 5.74) is -0.810. The SMILES string of the molecule is CN(CC1(C)CCOC1=O)c1nnc(-c2cc(Cl)ccc2F)cc1C(=O)O. The summed E-state index contributed by atoms with van der Waals surface area (Å²) >= 11 is 5.89. The molecule has 142 valence electrons. The van der Waals surface area contributed by atoms with Gasteiger partial charge in [0.2, 0.25) is 0 Å². The van der Waals surface area contributed by atoms with E-state index in [0.29, 0.717) is 18.1 Å². The summed E-state index contributed by atoms with van der Waals surface area (Å²) in [4.78, 5) is 25.2. The van der Waals surface area contributed by atoms with Gasteiger partial charge in [0.1, 0.15) is 11.4 Å². The first kappa shape index (κ1) is 19.0. The number of rotatable bonds is 5. The van der Waals surface area contributed by atoms with Crippen LogP contribution in [0, 0.1) is 11.2 Å². The lowest BCUT2D eigenvalue weighted by Gasteiger charge is -2.27. The number of carbonyl (C=O) groups is 2. The standard InChI is InChI=1S/C18H17ClFN3O4/c1-18(5-6-27-17(18)26)9-23(2)15-12(16(24)25)8-14(21-22-15)11-7-10(19)3-4-13(11)20/h3-4,7-8H,5-6,9H2,1-2H3,(H,24,25). The summed E-state index contributed by atoms with van der Waals surface area (Å²) in [5, 5.41) is 17.8. The molecule has 2 heterocycles. The average Bonchev–Trinajstić information content (AvgIpc) is 2.94. The molecule has 7 nitrogen and oxygen atoms in total. The molecule has 1 aromatic carbocycles. The highest BCUT2D eigenvalue weighted by molar-refractivity contribution is 6.30. The zero-order valence-corrected chi connectivity index (χ0v) is 15.5. The van der Waals surface area contributed by atoms with Crippen LogP contribution >= 0.6 is 11.6 Å². The van der Waals surface area contributed by atoms with Crippen LogP contribution in [0.1, 0.15) is 23.7 Å². The van der Waals surface area contributed by atoms with E-state index in [1.807, 2.05) is 0 Å². The van der Waals surface area contributed by atoms with E-state index >= 15 is 0 Å². The third kappa shape index (κ3) is 3.71. The summed E-state index contributed by atoms with van der Waals surface area (Å²) in [7, 11) is 1.62. The Morgan fingerprint density at radius 3 is 2.78 bits per heavy atom. The fraction of sp³-hybridized carbons (Fsp3) is 0.333. The van der Waals surface area contributed by atoms with Gasteiger partial charge in [-0.15, -0.1) is 10.2 Å². The van der Waals surface area contributed by atoms with Gasteiger partial charge in [0.25, 0.3) is 0 Å². The molecule has 0 saturated carbocycles. The predicted molar refractivity (Wildman–Crippen MR) is 96.3 cm³/mol. The second-order valence-corrected chi connectivity index (χ2v) is 7.14. The fourth-order valence-corrected chi connectivity index (χ4v) is 3.21. The number of esters is 1. The Balaban J connectivity index is 1.98. The molecule has 0 spiro atoms. The first-order chi connectivity index (χ1) is 12.7. The number of anilines is 1. The van der Waals surface area contributed by atoms with Crippen molar-refractivity contribution in [1.29, 1.82) is 0 Å². The zero-order valence-electron chi connectivity index (χ0n) is 14.7. The Morgan fingerprint density at radius 1 is 1.41 bits per heavy atom. The minimum atomic E-state index is -1.24. The van der Waals surface area contributed by atoms with Crippen LogP contribution in [0.15, 0.2) is 24.3 Å². The molecular weight excluding hydrogens is 377 g/mol. The molecule has 9 heteroatoms. The number of ether oxygens (including phenoxy) is 1. The fourth-order valence-electron chi connectivity index (χ4n) is 3.04. The van der Waals surface area contributed by atoms with Crippen molar-refractivity contribution in [1.82, 2.24) is 10.2 Å². The molecule has 0 amide bonds. The maximum Gasteiger partial charge on any atom is 0.339 e. The van der Waals surface area contributed by atoms with Crippen molar-refractivity contribution in [2.45, 2.75) is 13.3 Å². The van der Waals surface area contributed by atoms with Gasteiger partial charge in [-0.2, -0.15) is 0 Å². The number of hydrogen-bond donors (Lipinski definition) is 1. The highest BCUT2D eigenvalue weighted by Crippen LogP contribution is 2.33. The van der Waals surface area contributed by atoms with E-state index in [-0.39, 0.29) is 35.2 Å². The summed E-state index contributed by atoms with van der Waals surface area (Å²) in [6.45, 7) is 2.29. The predicted octanol–water partition coefficient (Wildman–Crippen LogP) is 3.02. The van der Waals surface area contributed by atoms with E-state index in [4.69, 9.17) is 16.3 Å². The molecule has 3 rings (SSSR count). The average molecular weight is 394 g/mol. The maximum atomic E-state index is 14.1. The first-order valence-electron chi connectivity index (χ1n) is 8.16. The van der Waals surface area contributed by atoms with Crippen LogP contribution in [0.2, 0.25) is 5.02 Å². The molecule has 1 unspecified atom stereocenters. The normalized spacial score (nSPS) is 19.0. The van der Waals surface area contributed by atoms with E-state index in [1.165, 1.54) is 24.3 Å². The van der Waals surface area contributed by atoms with Gasteiger partial charge in [0.15, 0.2) is 5.82 Å². The van der Waals surface area contributed by atoms with Crippen molar-refractivity contribution < 1.29 is 23.8 Å². The van der Waals surface area contributed by atoms with E-state index < -0.39 is 17.2 Å². The Morgan fingerprint density at radius 2 is 2.15 bits per heavy atom. The minimum Gasteiger partial charge on any atom is -0.478 e. The van der Waals surface area contributed by atoms with Gasteiger partial charge in [0, 0.05) is 24.2 Å². The number of cyclic esters (lactones) is 1. The van der Waals surface area contributed by atoms with Crippen LogP contribution in [0.4, 0.5) is 10.2 Å². The molecule has 1 aromatic heterocycles. The molecule has 0 aliphatic carbocycles. The van der Waals surface area contributed by atoms with Gasteiger partial charge >= 0.3 is 11.9 Å². The minimum absolute atomic E-state index is 0.0519. The summed E-state index contributed by atoms with van der Waals surface area (Å²) in [6.07, 6.45) is 0.526. The van der Waals surface area contributed by atoms with Crippen LogP contribution in [0.3, 0.4) is 0 Å². The lowest BCUT2D eigenvalue weighted by atomic mass is 9.88. The van der Waals surface area contributed by atoms with E-state index in [0.717, 1.165) is 0 Å². The number of nitrogens with zero attached hydrogens (tertiary/aromatic N) is 3. The van der Waals surface area contributed by atoms with Crippen LogP contribution < -0.4 is 4.90 Å². The molecular formula is C18H17ClFN3O4. The Hall–Kier alpha value is -2.74. The smallest absolute Gasteiger partial charge is 0.339 e. The van der Waals surface area contributed by atoms with Crippen molar-refractivity contribution in [3.05, 3.63) is 40.7 Å². The van der Waals surface area contributed by atoms with Crippen LogP contribution in [-0.4, -0.2) is 47.4 Å². The topological polar surface area (TPSA) is 92.6 Å². The second kappa shape index (κ2) is 7.11. The Kier molecular flexibility index (Phi) is 5.01. The quantitative estimate of drug-likeness (QED) is 0.780. The number of carboxylic acid groups (broad SMARTS) is 1. The Bertz CT molecular complexity index is 923. The molecule has 1 fully saturated rings. The lowest BCUT2D eigenvalue weighted by Crippen LogP contribution is -2.38. The lowest BCUT2D eigenvalue weighted by molar-refractivity contribution is -0.145. The van der Waals surface area contributed by atoms with Crippen molar-refractivity contribution in [3.8, 4) is 11.3 Å². The maximum absolute atomic E-state index is 14.1. The van der Waals surface area contributed by atoms with Gasteiger partial charge in [-0.25, -0.2) is 9.18 Å². The van der Waals surface area contributed by atoms with Crippen molar-refractivity contribution in [2.75, 3.05) is 25.1 Å². The van der Waals surface area contributed by atoms with E-state index in [9.17, 15) is 19.1 Å².